The topological polar surface area (TPSA) is 75.7 Å². The first-order valence-corrected chi connectivity index (χ1v) is 11.7. The smallest absolute Gasteiger partial charge is 0.261 e. The van der Waals surface area contributed by atoms with Crippen LogP contribution in [-0.4, -0.2) is 33.2 Å². The standard InChI is InChI=1S/C21H25ClN2O4S/c1-4-17(15-7-5-14(2)6-8-15)23-21(25)20-11-12-24(29(3,26)27)18-13-16(22)9-10-19(18)28-20/h5-10,13,17,20H,4,11-12H2,1-3H3,(H,23,25)/t17-,20+/m0/s1. The number of nitrogens with one attached hydrogen (secondary N) is 1. The molecule has 0 aliphatic carbocycles. The summed E-state index contributed by atoms with van der Waals surface area (Å²) in [6, 6.07) is 12.6. The molecule has 0 radical (unpaired) electrons. The highest BCUT2D eigenvalue weighted by Gasteiger charge is 2.32. The number of amides is 1. The number of anilines is 1. The van der Waals surface area contributed by atoms with E-state index in [1.54, 1.807) is 18.2 Å². The Morgan fingerprint density at radius 2 is 1.97 bits per heavy atom. The predicted molar refractivity (Wildman–Crippen MR) is 115 cm³/mol. The number of hydrogen-bond donors (Lipinski definition) is 1. The van der Waals surface area contributed by atoms with Gasteiger partial charge >= 0.3 is 0 Å². The summed E-state index contributed by atoms with van der Waals surface area (Å²) in [7, 11) is -3.54. The number of carbonyl (C=O) groups excluding carboxylic acids is 1. The van der Waals surface area contributed by atoms with E-state index in [0.717, 1.165) is 23.8 Å². The Morgan fingerprint density at radius 3 is 2.59 bits per heavy atom. The normalized spacial score (nSPS) is 17.7. The van der Waals surface area contributed by atoms with Gasteiger partial charge in [0.25, 0.3) is 5.91 Å². The molecule has 3 rings (SSSR count). The molecule has 0 aromatic heterocycles. The van der Waals surface area contributed by atoms with Gasteiger partial charge in [0.15, 0.2) is 6.10 Å². The summed E-state index contributed by atoms with van der Waals surface area (Å²) in [4.78, 5) is 13.0. The molecule has 156 valence electrons. The quantitative estimate of drug-likeness (QED) is 0.772. The molecule has 1 heterocycles. The van der Waals surface area contributed by atoms with Crippen molar-refractivity contribution in [2.24, 2.45) is 0 Å². The average molecular weight is 437 g/mol. The Bertz CT molecular complexity index is 992. The number of ether oxygens (including phenoxy) is 1. The van der Waals surface area contributed by atoms with Gasteiger partial charge in [0.1, 0.15) is 5.75 Å². The summed E-state index contributed by atoms with van der Waals surface area (Å²) in [6.45, 7) is 4.15. The van der Waals surface area contributed by atoms with Crippen LogP contribution in [0.1, 0.15) is 36.9 Å². The molecule has 2 aromatic rings. The van der Waals surface area contributed by atoms with Crippen LogP contribution in [-0.2, 0) is 14.8 Å². The minimum atomic E-state index is -3.54. The van der Waals surface area contributed by atoms with Gasteiger partial charge in [0.05, 0.1) is 18.0 Å². The molecule has 0 saturated heterocycles. The molecule has 0 fully saturated rings. The van der Waals surface area contributed by atoms with Gasteiger partial charge in [-0.3, -0.25) is 9.10 Å². The highest BCUT2D eigenvalue weighted by atomic mass is 35.5. The lowest BCUT2D eigenvalue weighted by molar-refractivity contribution is -0.128. The molecule has 0 saturated carbocycles. The van der Waals surface area contributed by atoms with Gasteiger partial charge in [-0.05, 0) is 37.1 Å². The Hall–Kier alpha value is -2.25. The molecule has 2 atom stereocenters. The maximum Gasteiger partial charge on any atom is 0.261 e. The van der Waals surface area contributed by atoms with E-state index in [1.807, 2.05) is 38.1 Å². The Labute approximate surface area is 176 Å². The minimum absolute atomic E-state index is 0.131. The Morgan fingerprint density at radius 1 is 1.28 bits per heavy atom. The van der Waals surface area contributed by atoms with Crippen LogP contribution in [0.25, 0.3) is 0 Å². The molecular formula is C21H25ClN2O4S. The summed E-state index contributed by atoms with van der Waals surface area (Å²) in [5.74, 6) is 0.0505. The SMILES string of the molecule is CC[C@H](NC(=O)[C@H]1CCN(S(C)(=O)=O)c2cc(Cl)ccc2O1)c1ccc(C)cc1. The molecule has 1 aliphatic heterocycles. The number of benzene rings is 2. The Kier molecular flexibility index (Phi) is 6.39. The van der Waals surface area contributed by atoms with Crippen molar-refractivity contribution in [1.82, 2.24) is 5.32 Å². The molecule has 2 aromatic carbocycles. The lowest BCUT2D eigenvalue weighted by atomic mass is 10.0. The van der Waals surface area contributed by atoms with Gasteiger partial charge in [-0.25, -0.2) is 8.42 Å². The minimum Gasteiger partial charge on any atom is -0.478 e. The summed E-state index contributed by atoms with van der Waals surface area (Å²) in [6.07, 6.45) is 1.28. The zero-order chi connectivity index (χ0) is 21.2. The van der Waals surface area contributed by atoms with E-state index in [2.05, 4.69) is 5.32 Å². The first kappa shape index (κ1) is 21.5. The maximum atomic E-state index is 13.0. The van der Waals surface area contributed by atoms with Crippen molar-refractivity contribution in [3.63, 3.8) is 0 Å². The number of halogens is 1. The largest absolute Gasteiger partial charge is 0.478 e. The van der Waals surface area contributed by atoms with Gasteiger partial charge in [-0.15, -0.1) is 0 Å². The van der Waals surface area contributed by atoms with E-state index < -0.39 is 16.1 Å². The fourth-order valence-electron chi connectivity index (χ4n) is 3.37. The van der Waals surface area contributed by atoms with Crippen LogP contribution in [0.3, 0.4) is 0 Å². The zero-order valence-corrected chi connectivity index (χ0v) is 18.3. The van der Waals surface area contributed by atoms with Crippen LogP contribution < -0.4 is 14.4 Å². The van der Waals surface area contributed by atoms with E-state index in [0.29, 0.717) is 16.5 Å². The van der Waals surface area contributed by atoms with Gasteiger partial charge in [-0.2, -0.15) is 0 Å². The van der Waals surface area contributed by atoms with Gasteiger partial charge in [-0.1, -0.05) is 48.4 Å². The fraction of sp³-hybridized carbons (Fsp3) is 0.381. The lowest BCUT2D eigenvalue weighted by Gasteiger charge is -2.22. The number of hydrogen-bond acceptors (Lipinski definition) is 4. The summed E-state index contributed by atoms with van der Waals surface area (Å²) in [5.41, 5.74) is 2.52. The highest BCUT2D eigenvalue weighted by Crippen LogP contribution is 2.36. The number of sulfonamides is 1. The van der Waals surface area contributed by atoms with E-state index >= 15 is 0 Å². The molecular weight excluding hydrogens is 412 g/mol. The maximum absolute atomic E-state index is 13.0. The zero-order valence-electron chi connectivity index (χ0n) is 16.7. The molecule has 29 heavy (non-hydrogen) atoms. The van der Waals surface area contributed by atoms with Crippen molar-refractivity contribution < 1.29 is 17.9 Å². The first-order chi connectivity index (χ1) is 13.7. The molecule has 1 N–H and O–H groups in total. The van der Waals surface area contributed by atoms with Crippen LogP contribution in [0, 0.1) is 6.92 Å². The van der Waals surface area contributed by atoms with Crippen LogP contribution in [0.2, 0.25) is 5.02 Å². The van der Waals surface area contributed by atoms with Crippen LogP contribution >= 0.6 is 11.6 Å². The molecule has 0 bridgehead atoms. The van der Waals surface area contributed by atoms with Gasteiger partial charge in [0.2, 0.25) is 10.0 Å². The number of rotatable bonds is 5. The third-order valence-electron chi connectivity index (χ3n) is 4.95. The second-order valence-corrected chi connectivity index (χ2v) is 9.57. The third-order valence-corrected chi connectivity index (χ3v) is 6.37. The van der Waals surface area contributed by atoms with Crippen molar-refractivity contribution in [2.45, 2.75) is 38.8 Å². The van der Waals surface area contributed by atoms with Crippen LogP contribution in [0.5, 0.6) is 5.75 Å². The van der Waals surface area contributed by atoms with Crippen molar-refractivity contribution in [3.05, 3.63) is 58.6 Å². The fourth-order valence-corrected chi connectivity index (χ4v) is 4.47. The van der Waals surface area contributed by atoms with Crippen LogP contribution in [0.15, 0.2) is 42.5 Å². The number of fused-ring (bicyclic) bond motifs is 1. The van der Waals surface area contributed by atoms with Gasteiger partial charge in [0, 0.05) is 18.0 Å². The van der Waals surface area contributed by atoms with Crippen LogP contribution in [0.4, 0.5) is 5.69 Å². The van der Waals surface area contributed by atoms with E-state index in [4.69, 9.17) is 16.3 Å². The van der Waals surface area contributed by atoms with E-state index in [9.17, 15) is 13.2 Å². The van der Waals surface area contributed by atoms with Crippen molar-refractivity contribution in [3.8, 4) is 5.75 Å². The number of nitrogens with zero attached hydrogens (tertiary/aromatic N) is 1. The van der Waals surface area contributed by atoms with E-state index in [1.165, 1.54) is 4.31 Å². The molecule has 0 spiro atoms. The Balaban J connectivity index is 1.83. The second kappa shape index (κ2) is 8.63. The number of carbonyl (C=O) groups is 1. The van der Waals surface area contributed by atoms with Crippen molar-refractivity contribution in [1.29, 1.82) is 0 Å². The number of aryl methyl sites for hydroxylation is 1. The molecule has 6 nitrogen and oxygen atoms in total. The second-order valence-electron chi connectivity index (χ2n) is 7.22. The van der Waals surface area contributed by atoms with Crippen molar-refractivity contribution >= 4 is 33.2 Å². The lowest BCUT2D eigenvalue weighted by Crippen LogP contribution is -2.41. The molecule has 0 unspecified atom stereocenters. The molecule has 1 amide bonds. The molecule has 1 aliphatic rings. The average Bonchev–Trinajstić information content (AvgIpc) is 2.86. The summed E-state index contributed by atoms with van der Waals surface area (Å²) >= 11 is 6.05. The van der Waals surface area contributed by atoms with E-state index in [-0.39, 0.29) is 24.9 Å². The van der Waals surface area contributed by atoms with Gasteiger partial charge < -0.3 is 10.1 Å². The monoisotopic (exact) mass is 436 g/mol. The highest BCUT2D eigenvalue weighted by molar-refractivity contribution is 7.92. The first-order valence-electron chi connectivity index (χ1n) is 9.50. The molecule has 8 heteroatoms. The summed E-state index contributed by atoms with van der Waals surface area (Å²) in [5, 5.41) is 3.44. The summed E-state index contributed by atoms with van der Waals surface area (Å²) < 4.78 is 31.7. The third kappa shape index (κ3) is 5.03. The van der Waals surface area contributed by atoms with Crippen molar-refractivity contribution in [2.75, 3.05) is 17.1 Å². The predicted octanol–water partition coefficient (Wildman–Crippen LogP) is 3.83.